The molecule has 0 spiro atoms. The number of aromatic nitrogens is 2. The molecule has 3 fully saturated rings. The average molecular weight is 499 g/mol. The van der Waals surface area contributed by atoms with Gasteiger partial charge in [-0.15, -0.1) is 5.10 Å². The van der Waals surface area contributed by atoms with E-state index in [0.29, 0.717) is 42.9 Å². The average Bonchev–Trinajstić information content (AvgIpc) is 3.42. The molecule has 2 aromatic rings. The predicted octanol–water partition coefficient (Wildman–Crippen LogP) is 4.39. The van der Waals surface area contributed by atoms with Crippen LogP contribution in [-0.2, 0) is 20.8 Å². The SMILES string of the molecule is COCCCOc1nn([C@H]2CC[C@H](N3[C@@H]4CC[C@H]3COC4)CC2)cc1NC(=O)OCc1ccccc1. The van der Waals surface area contributed by atoms with Gasteiger partial charge >= 0.3 is 6.09 Å². The Labute approximate surface area is 213 Å². The van der Waals surface area contributed by atoms with Crippen LogP contribution in [0.3, 0.4) is 0 Å². The minimum absolute atomic E-state index is 0.207. The van der Waals surface area contributed by atoms with E-state index in [9.17, 15) is 4.79 Å². The second-order valence-corrected chi connectivity index (χ2v) is 10.0. The van der Waals surface area contributed by atoms with Crippen molar-refractivity contribution in [1.29, 1.82) is 0 Å². The van der Waals surface area contributed by atoms with Gasteiger partial charge in [0.1, 0.15) is 12.3 Å². The van der Waals surface area contributed by atoms with Gasteiger partial charge in [0.05, 0.1) is 32.1 Å². The standard InChI is InChI=1S/C27H38N4O5/c1-33-14-5-15-35-26-25(28-27(32)36-17-20-6-3-2-4-7-20)16-30(29-26)21-8-10-22(11-9-21)31-23-12-13-24(31)19-34-18-23/h2-4,6-7,16,21-24H,5,8-15,17-19H2,1H3,(H,28,32)/t21-,22-,23-,24+. The van der Waals surface area contributed by atoms with E-state index in [1.54, 1.807) is 7.11 Å². The Morgan fingerprint density at radius 2 is 1.69 bits per heavy atom. The molecule has 5 rings (SSSR count). The number of nitrogens with one attached hydrogen (secondary N) is 1. The zero-order valence-electron chi connectivity index (χ0n) is 21.1. The molecule has 2 atom stereocenters. The Hall–Kier alpha value is -2.62. The number of nitrogens with zero attached hydrogens (tertiary/aromatic N) is 3. The maximum atomic E-state index is 12.5. The molecule has 2 aliphatic heterocycles. The molecular formula is C27H38N4O5. The number of carbonyl (C=O) groups excluding carboxylic acids is 1. The fourth-order valence-electron chi connectivity index (χ4n) is 5.87. The third-order valence-corrected chi connectivity index (χ3v) is 7.64. The van der Waals surface area contributed by atoms with Crippen LogP contribution in [0.4, 0.5) is 10.5 Å². The van der Waals surface area contributed by atoms with Crippen LogP contribution < -0.4 is 10.1 Å². The van der Waals surface area contributed by atoms with Gasteiger partial charge in [-0.3, -0.25) is 14.9 Å². The summed E-state index contributed by atoms with van der Waals surface area (Å²) in [6.07, 6.45) is 9.08. The maximum absolute atomic E-state index is 12.5. The molecule has 36 heavy (non-hydrogen) atoms. The second-order valence-electron chi connectivity index (χ2n) is 10.0. The Bertz CT molecular complexity index is 960. The van der Waals surface area contributed by atoms with Gasteiger partial charge in [0.15, 0.2) is 0 Å². The number of carbonyl (C=O) groups is 1. The topological polar surface area (TPSA) is 87.1 Å². The third kappa shape index (κ3) is 6.02. The molecular weight excluding hydrogens is 460 g/mol. The van der Waals surface area contributed by atoms with Crippen molar-refractivity contribution in [1.82, 2.24) is 14.7 Å². The van der Waals surface area contributed by atoms with Crippen LogP contribution >= 0.6 is 0 Å². The molecule has 0 radical (unpaired) electrons. The number of methoxy groups -OCH3 is 1. The number of hydrogen-bond acceptors (Lipinski definition) is 7. The first kappa shape index (κ1) is 25.0. The summed E-state index contributed by atoms with van der Waals surface area (Å²) in [7, 11) is 1.67. The number of morpholine rings is 1. The van der Waals surface area contributed by atoms with Crippen molar-refractivity contribution in [3.63, 3.8) is 0 Å². The van der Waals surface area contributed by atoms with Crippen LogP contribution in [-0.4, -0.2) is 72.4 Å². The van der Waals surface area contributed by atoms with Crippen molar-refractivity contribution in [2.24, 2.45) is 0 Å². The van der Waals surface area contributed by atoms with E-state index in [1.807, 2.05) is 41.2 Å². The molecule has 9 nitrogen and oxygen atoms in total. The zero-order chi connectivity index (χ0) is 24.7. The normalized spacial score (nSPS) is 26.0. The molecule has 1 amide bonds. The van der Waals surface area contributed by atoms with E-state index in [0.717, 1.165) is 50.9 Å². The summed E-state index contributed by atoms with van der Waals surface area (Å²) in [6.45, 7) is 3.04. The number of ether oxygens (including phenoxy) is 4. The van der Waals surface area contributed by atoms with Crippen LogP contribution in [0, 0.1) is 0 Å². The Kier molecular flexibility index (Phi) is 8.40. The van der Waals surface area contributed by atoms with Gasteiger partial charge in [0.25, 0.3) is 5.88 Å². The number of amides is 1. The van der Waals surface area contributed by atoms with Crippen molar-refractivity contribution < 1.29 is 23.7 Å². The van der Waals surface area contributed by atoms with Gasteiger partial charge in [-0.25, -0.2) is 4.79 Å². The van der Waals surface area contributed by atoms with E-state index >= 15 is 0 Å². The Balaban J connectivity index is 1.20. The van der Waals surface area contributed by atoms with Gasteiger partial charge in [0.2, 0.25) is 0 Å². The molecule has 1 aliphatic carbocycles. The van der Waals surface area contributed by atoms with Crippen LogP contribution in [0.2, 0.25) is 0 Å². The van der Waals surface area contributed by atoms with Crippen LogP contribution in [0.1, 0.15) is 56.6 Å². The molecule has 3 aliphatic rings. The minimum Gasteiger partial charge on any atom is -0.475 e. The fourth-order valence-corrected chi connectivity index (χ4v) is 5.87. The van der Waals surface area contributed by atoms with Gasteiger partial charge < -0.3 is 18.9 Å². The maximum Gasteiger partial charge on any atom is 0.412 e. The van der Waals surface area contributed by atoms with Crippen molar-refractivity contribution in [2.75, 3.05) is 38.9 Å². The van der Waals surface area contributed by atoms with E-state index < -0.39 is 6.09 Å². The predicted molar refractivity (Wildman–Crippen MR) is 135 cm³/mol. The van der Waals surface area contributed by atoms with Gasteiger partial charge in [-0.1, -0.05) is 30.3 Å². The molecule has 1 saturated carbocycles. The number of anilines is 1. The van der Waals surface area contributed by atoms with E-state index in [2.05, 4.69) is 10.2 Å². The molecule has 2 bridgehead atoms. The summed E-state index contributed by atoms with van der Waals surface area (Å²) >= 11 is 0. The number of hydrogen-bond donors (Lipinski definition) is 1. The quantitative estimate of drug-likeness (QED) is 0.486. The first-order chi connectivity index (χ1) is 17.7. The van der Waals surface area contributed by atoms with E-state index in [-0.39, 0.29) is 12.6 Å². The van der Waals surface area contributed by atoms with Gasteiger partial charge in [-0.2, -0.15) is 0 Å². The molecule has 9 heteroatoms. The van der Waals surface area contributed by atoms with Crippen molar-refractivity contribution in [2.45, 2.75) is 75.7 Å². The molecule has 2 saturated heterocycles. The van der Waals surface area contributed by atoms with Crippen molar-refractivity contribution in [3.05, 3.63) is 42.1 Å². The molecule has 0 unspecified atom stereocenters. The zero-order valence-corrected chi connectivity index (χ0v) is 21.1. The van der Waals surface area contributed by atoms with E-state index in [4.69, 9.17) is 24.0 Å². The summed E-state index contributed by atoms with van der Waals surface area (Å²) in [5.41, 5.74) is 1.48. The van der Waals surface area contributed by atoms with E-state index in [1.165, 1.54) is 12.8 Å². The monoisotopic (exact) mass is 498 g/mol. The van der Waals surface area contributed by atoms with Gasteiger partial charge in [-0.05, 0) is 44.1 Å². The van der Waals surface area contributed by atoms with Crippen molar-refractivity contribution in [3.8, 4) is 5.88 Å². The highest BCUT2D eigenvalue weighted by molar-refractivity contribution is 5.86. The highest BCUT2D eigenvalue weighted by Crippen LogP contribution is 2.39. The summed E-state index contributed by atoms with van der Waals surface area (Å²) in [4.78, 5) is 15.3. The second kappa shape index (κ2) is 12.1. The third-order valence-electron chi connectivity index (χ3n) is 7.64. The van der Waals surface area contributed by atoms with Crippen LogP contribution in [0.15, 0.2) is 36.5 Å². The summed E-state index contributed by atoms with van der Waals surface area (Å²) in [5, 5.41) is 7.57. The smallest absolute Gasteiger partial charge is 0.412 e. The lowest BCUT2D eigenvalue weighted by Gasteiger charge is -2.43. The summed E-state index contributed by atoms with van der Waals surface area (Å²) in [6, 6.07) is 11.7. The first-order valence-corrected chi connectivity index (χ1v) is 13.2. The number of benzene rings is 1. The largest absolute Gasteiger partial charge is 0.475 e. The summed E-state index contributed by atoms with van der Waals surface area (Å²) in [5.74, 6) is 0.427. The number of rotatable bonds is 10. The lowest BCUT2D eigenvalue weighted by molar-refractivity contribution is -0.0458. The van der Waals surface area contributed by atoms with Crippen LogP contribution in [0.5, 0.6) is 5.88 Å². The molecule has 1 N–H and O–H groups in total. The van der Waals surface area contributed by atoms with Crippen LogP contribution in [0.25, 0.3) is 0 Å². The van der Waals surface area contributed by atoms with Gasteiger partial charge in [0, 0.05) is 38.3 Å². The molecule has 3 heterocycles. The first-order valence-electron chi connectivity index (χ1n) is 13.2. The lowest BCUT2D eigenvalue weighted by Crippen LogP contribution is -2.52. The summed E-state index contributed by atoms with van der Waals surface area (Å²) < 4.78 is 24.2. The highest BCUT2D eigenvalue weighted by atomic mass is 16.5. The lowest BCUT2D eigenvalue weighted by atomic mass is 9.89. The minimum atomic E-state index is -0.522. The molecule has 196 valence electrons. The van der Waals surface area contributed by atoms with Crippen molar-refractivity contribution >= 4 is 11.8 Å². The Morgan fingerprint density at radius 3 is 2.42 bits per heavy atom. The number of fused-ring (bicyclic) bond motifs is 2. The fraction of sp³-hybridized carbons (Fsp3) is 0.630. The Morgan fingerprint density at radius 1 is 1.00 bits per heavy atom. The molecule has 1 aromatic carbocycles. The molecule has 1 aromatic heterocycles. The highest BCUT2D eigenvalue weighted by Gasteiger charge is 2.42.